The van der Waals surface area contributed by atoms with Crippen molar-refractivity contribution >= 4 is 27.0 Å². The van der Waals surface area contributed by atoms with Gasteiger partial charge in [-0.15, -0.1) is 11.3 Å². The second kappa shape index (κ2) is 11.0. The molecule has 0 unspecified atom stereocenters. The number of nitrogens with zero attached hydrogens (tertiary/aromatic N) is 3. The first-order chi connectivity index (χ1) is 16.9. The van der Waals surface area contributed by atoms with Crippen LogP contribution in [0.5, 0.6) is 11.5 Å². The molecule has 0 atom stereocenters. The summed E-state index contributed by atoms with van der Waals surface area (Å²) in [6.45, 7) is 7.18. The molecule has 3 aromatic rings. The van der Waals surface area contributed by atoms with Gasteiger partial charge >= 0.3 is 0 Å². The maximum absolute atomic E-state index is 13.4. The van der Waals surface area contributed by atoms with Gasteiger partial charge in [0, 0.05) is 54.8 Å². The van der Waals surface area contributed by atoms with E-state index in [4.69, 9.17) is 14.5 Å². The fraction of sp³-hybridized carbons (Fsp3) is 0.423. The lowest BCUT2D eigenvalue weighted by molar-refractivity contribution is 0.316. The van der Waals surface area contributed by atoms with Crippen molar-refractivity contribution in [2.75, 3.05) is 45.3 Å². The predicted molar refractivity (Wildman–Crippen MR) is 141 cm³/mol. The van der Waals surface area contributed by atoms with Gasteiger partial charge in [0.25, 0.3) is 0 Å². The minimum atomic E-state index is -3.69. The molecule has 1 fully saturated rings. The van der Waals surface area contributed by atoms with Crippen LogP contribution in [0.25, 0.3) is 11.3 Å². The fourth-order valence-corrected chi connectivity index (χ4v) is 7.15. The molecule has 0 spiro atoms. The maximum atomic E-state index is 13.4. The van der Waals surface area contributed by atoms with Crippen LogP contribution >= 0.6 is 11.3 Å². The molecule has 2 heterocycles. The topological polar surface area (TPSA) is 72.0 Å². The Balaban J connectivity index is 1.44. The van der Waals surface area contributed by atoms with E-state index >= 15 is 0 Å². The van der Waals surface area contributed by atoms with Crippen molar-refractivity contribution in [2.24, 2.45) is 0 Å². The molecule has 0 bridgehead atoms. The first kappa shape index (κ1) is 25.5. The van der Waals surface area contributed by atoms with Crippen molar-refractivity contribution in [2.45, 2.75) is 37.5 Å². The Bertz CT molecular complexity index is 1230. The Hall–Kier alpha value is -2.62. The van der Waals surface area contributed by atoms with Gasteiger partial charge in [-0.25, -0.2) is 13.4 Å². The van der Waals surface area contributed by atoms with Gasteiger partial charge < -0.3 is 14.4 Å². The van der Waals surface area contributed by atoms with Crippen LogP contribution < -0.4 is 14.4 Å². The molecule has 0 N–H and O–H groups in total. The third-order valence-electron chi connectivity index (χ3n) is 6.61. The lowest BCUT2D eigenvalue weighted by Gasteiger charge is -2.30. The number of ether oxygens (including phenoxy) is 2. The summed E-state index contributed by atoms with van der Waals surface area (Å²) in [5.74, 6) is 1.06. The molecule has 9 heteroatoms. The lowest BCUT2D eigenvalue weighted by atomic mass is 9.99. The third kappa shape index (κ3) is 5.32. The Morgan fingerprint density at radius 2 is 1.71 bits per heavy atom. The number of rotatable bonds is 9. The zero-order chi connectivity index (χ0) is 25.0. The second-order valence-electron chi connectivity index (χ2n) is 8.49. The average Bonchev–Trinajstić information content (AvgIpc) is 3.40. The quantitative estimate of drug-likeness (QED) is 0.388. The first-order valence-corrected chi connectivity index (χ1v) is 14.3. The minimum Gasteiger partial charge on any atom is -0.497 e. The summed E-state index contributed by atoms with van der Waals surface area (Å²) in [6.07, 6.45) is 1.47. The number of benzene rings is 2. The van der Waals surface area contributed by atoms with Crippen LogP contribution in [-0.4, -0.2) is 58.1 Å². The van der Waals surface area contributed by atoms with Gasteiger partial charge in [0.15, 0.2) is 0 Å². The van der Waals surface area contributed by atoms with Crippen molar-refractivity contribution in [3.63, 3.8) is 0 Å². The van der Waals surface area contributed by atoms with Crippen molar-refractivity contribution in [1.29, 1.82) is 0 Å². The van der Waals surface area contributed by atoms with E-state index in [0.29, 0.717) is 24.6 Å². The summed E-state index contributed by atoms with van der Waals surface area (Å²) in [5, 5.41) is 3.18. The highest BCUT2D eigenvalue weighted by Gasteiger charge is 2.33. The molecule has 1 aliphatic rings. The Labute approximate surface area is 212 Å². The number of piperidine rings is 1. The van der Waals surface area contributed by atoms with E-state index in [-0.39, 0.29) is 10.8 Å². The molecule has 7 nitrogen and oxygen atoms in total. The van der Waals surface area contributed by atoms with Crippen LogP contribution in [-0.2, 0) is 10.0 Å². The van der Waals surface area contributed by atoms with Gasteiger partial charge in [-0.3, -0.25) is 0 Å². The van der Waals surface area contributed by atoms with Crippen LogP contribution in [0.1, 0.15) is 37.6 Å². The highest BCUT2D eigenvalue weighted by Crippen LogP contribution is 2.37. The number of hydrogen-bond donors (Lipinski definition) is 0. The summed E-state index contributed by atoms with van der Waals surface area (Å²) >= 11 is 1.66. The highest BCUT2D eigenvalue weighted by atomic mass is 32.2. The van der Waals surface area contributed by atoms with Crippen LogP contribution in [0.4, 0.5) is 5.69 Å². The molecule has 1 saturated heterocycles. The standard InChI is InChI=1S/C26H33N3O4S2/c1-5-28(6-2)21-9-7-19(8-10-21)23-18-34-26(27-23)20-13-15-29(16-14-20)35(30,31)25-17-22(32-3)11-12-24(25)33-4/h7-12,17-18,20H,5-6,13-16H2,1-4H3. The number of hydrogen-bond acceptors (Lipinski definition) is 7. The number of methoxy groups -OCH3 is 2. The number of anilines is 1. The van der Waals surface area contributed by atoms with Gasteiger partial charge in [0.1, 0.15) is 16.4 Å². The van der Waals surface area contributed by atoms with Gasteiger partial charge in [-0.05, 0) is 51.0 Å². The van der Waals surface area contributed by atoms with E-state index in [1.54, 1.807) is 27.8 Å². The Morgan fingerprint density at radius 1 is 1.03 bits per heavy atom. The van der Waals surface area contributed by atoms with E-state index in [2.05, 4.69) is 48.4 Å². The number of aromatic nitrogens is 1. The molecule has 1 aromatic heterocycles. The van der Waals surface area contributed by atoms with Crippen LogP contribution in [0.15, 0.2) is 52.7 Å². The van der Waals surface area contributed by atoms with Crippen molar-refractivity contribution in [3.05, 3.63) is 52.9 Å². The molecular formula is C26H33N3O4S2. The normalized spacial score (nSPS) is 15.2. The molecule has 0 saturated carbocycles. The monoisotopic (exact) mass is 515 g/mol. The number of thiazole rings is 1. The van der Waals surface area contributed by atoms with Gasteiger partial charge in [-0.2, -0.15) is 4.31 Å². The zero-order valence-corrected chi connectivity index (χ0v) is 22.4. The summed E-state index contributed by atoms with van der Waals surface area (Å²) in [4.78, 5) is 7.37. The smallest absolute Gasteiger partial charge is 0.246 e. The molecule has 0 radical (unpaired) electrons. The highest BCUT2D eigenvalue weighted by molar-refractivity contribution is 7.89. The van der Waals surface area contributed by atoms with Crippen molar-refractivity contribution < 1.29 is 17.9 Å². The van der Waals surface area contributed by atoms with Gasteiger partial charge in [0.05, 0.1) is 24.9 Å². The lowest BCUT2D eigenvalue weighted by Crippen LogP contribution is -2.38. The van der Waals surface area contributed by atoms with Gasteiger partial charge in [0.2, 0.25) is 10.0 Å². The SMILES string of the molecule is CCN(CC)c1ccc(-c2csc(C3CCN(S(=O)(=O)c4cc(OC)ccc4OC)CC3)n2)cc1. The Morgan fingerprint density at radius 3 is 2.31 bits per heavy atom. The van der Waals surface area contributed by atoms with Crippen LogP contribution in [0, 0.1) is 0 Å². The zero-order valence-electron chi connectivity index (χ0n) is 20.7. The summed E-state index contributed by atoms with van der Waals surface area (Å²) < 4.78 is 38.8. The molecule has 1 aliphatic heterocycles. The van der Waals surface area contributed by atoms with Crippen molar-refractivity contribution in [1.82, 2.24) is 9.29 Å². The number of sulfonamides is 1. The Kier molecular flexibility index (Phi) is 7.98. The van der Waals surface area contributed by atoms with E-state index in [1.165, 1.54) is 26.0 Å². The molecule has 188 valence electrons. The van der Waals surface area contributed by atoms with E-state index < -0.39 is 10.0 Å². The minimum absolute atomic E-state index is 0.141. The fourth-order valence-electron chi connectivity index (χ4n) is 4.51. The van der Waals surface area contributed by atoms with Gasteiger partial charge in [-0.1, -0.05) is 12.1 Å². The predicted octanol–water partition coefficient (Wildman–Crippen LogP) is 5.24. The van der Waals surface area contributed by atoms with E-state index in [9.17, 15) is 8.42 Å². The molecule has 2 aromatic carbocycles. The largest absolute Gasteiger partial charge is 0.497 e. The average molecular weight is 516 g/mol. The molecule has 35 heavy (non-hydrogen) atoms. The summed E-state index contributed by atoms with van der Waals surface area (Å²) in [5.41, 5.74) is 3.30. The molecule has 4 rings (SSSR count). The second-order valence-corrected chi connectivity index (χ2v) is 11.3. The summed E-state index contributed by atoms with van der Waals surface area (Å²) in [6, 6.07) is 13.4. The molecule has 0 amide bonds. The van der Waals surface area contributed by atoms with E-state index in [0.717, 1.165) is 42.2 Å². The van der Waals surface area contributed by atoms with E-state index in [1.807, 2.05) is 0 Å². The summed E-state index contributed by atoms with van der Waals surface area (Å²) in [7, 11) is -0.693. The first-order valence-electron chi connectivity index (χ1n) is 11.9. The maximum Gasteiger partial charge on any atom is 0.246 e. The third-order valence-corrected chi connectivity index (χ3v) is 9.53. The van der Waals surface area contributed by atoms with Crippen molar-refractivity contribution in [3.8, 4) is 22.8 Å². The molecular weight excluding hydrogens is 482 g/mol. The molecule has 0 aliphatic carbocycles. The van der Waals surface area contributed by atoms with Crippen LogP contribution in [0.2, 0.25) is 0 Å². The van der Waals surface area contributed by atoms with Crippen LogP contribution in [0.3, 0.4) is 0 Å².